The Labute approximate surface area is 478 Å². The summed E-state index contributed by atoms with van der Waals surface area (Å²) in [5.74, 6) is -1.06. The number of carbonyl (C=O) groups is 3. The maximum absolute atomic E-state index is 12.9. The number of unbranched alkanes of at least 4 members (excludes halogenated alkanes) is 12. The van der Waals surface area contributed by atoms with Gasteiger partial charge in [-0.1, -0.05) is 242 Å². The van der Waals surface area contributed by atoms with Gasteiger partial charge in [-0.05, 0) is 154 Å². The SMILES string of the molecule is CC/C=C\C/C=C\C/C=C\C/C=C\C/C=C\C/C=C\C/C=C\C/C=C\C/C=C\CCCC(=O)OCC(COC(=O)CCCC/C=C\C/C=C\C/C=C\C/C=C\CC)OC(=O)CCCCCCC/C=C\C/C=C\CCCCCC. The minimum atomic E-state index is -0.837. The number of hydrogen-bond acceptors (Lipinski definition) is 6. The van der Waals surface area contributed by atoms with E-state index in [1.165, 1.54) is 32.1 Å². The summed E-state index contributed by atoms with van der Waals surface area (Å²) in [7, 11) is 0. The second-order valence-electron chi connectivity index (χ2n) is 19.5. The predicted molar refractivity (Wildman–Crippen MR) is 338 cm³/mol. The minimum Gasteiger partial charge on any atom is -0.462 e. The van der Waals surface area contributed by atoms with E-state index in [4.69, 9.17) is 14.2 Å². The summed E-state index contributed by atoms with van der Waals surface area (Å²) in [5, 5.41) is 0. The van der Waals surface area contributed by atoms with Crippen molar-refractivity contribution in [3.05, 3.63) is 182 Å². The molecule has 0 aliphatic carbocycles. The van der Waals surface area contributed by atoms with E-state index >= 15 is 0 Å². The van der Waals surface area contributed by atoms with Crippen LogP contribution in [0, 0.1) is 0 Å². The molecule has 1 atom stereocenters. The van der Waals surface area contributed by atoms with Gasteiger partial charge in [0.2, 0.25) is 0 Å². The molecule has 0 fully saturated rings. The Morgan fingerprint density at radius 1 is 0.269 bits per heavy atom. The van der Waals surface area contributed by atoms with Crippen LogP contribution in [0.5, 0.6) is 0 Å². The molecule has 0 N–H and O–H groups in total. The molecule has 6 heteroatoms. The largest absolute Gasteiger partial charge is 0.462 e. The minimum absolute atomic E-state index is 0.132. The standard InChI is InChI=1S/C72H110O6/c1-4-7-10-13-16-19-22-25-28-30-31-32-33-34-35-36-37-38-39-40-41-42-45-47-50-53-56-59-62-65-71(74)77-68-69(67-76-70(73)64-61-58-55-52-49-46-43-27-24-21-18-15-12-9-6-3)78-72(75)66-63-60-57-54-51-48-44-29-26-23-20-17-14-11-8-5-2/h7,9-10,12,16,18-21,23,25,27-29,31-32,34-35,37-38,40-41,43-45,47,49,52-53,56,69H,4-6,8,11,13-15,17,22,24,26,30,33,36,39,42,46,48,50-51,54-55,57-68H2,1-3H3/b10-7-,12-9-,19-16-,21-18-,23-20-,28-25-,32-31-,35-34-,38-37-,41-40-,43-27-,44-29-,47-45-,52-49-,56-53-. The molecule has 0 amide bonds. The van der Waals surface area contributed by atoms with E-state index in [1.807, 2.05) is 0 Å². The first kappa shape index (κ1) is 72.5. The summed E-state index contributed by atoms with van der Waals surface area (Å²) >= 11 is 0. The molecule has 1 unspecified atom stereocenters. The van der Waals surface area contributed by atoms with E-state index in [0.717, 1.165) is 148 Å². The number of hydrogen-bond donors (Lipinski definition) is 0. The average Bonchev–Trinajstić information content (AvgIpc) is 3.44. The fraction of sp³-hybridized carbons (Fsp3) is 0.542. The maximum Gasteiger partial charge on any atom is 0.306 e. The lowest BCUT2D eigenvalue weighted by molar-refractivity contribution is -0.167. The molecule has 0 aromatic carbocycles. The van der Waals surface area contributed by atoms with Gasteiger partial charge in [-0.15, -0.1) is 0 Å². The topological polar surface area (TPSA) is 78.9 Å². The lowest BCUT2D eigenvalue weighted by Gasteiger charge is -2.18. The molecule has 0 heterocycles. The average molecular weight is 1070 g/mol. The highest BCUT2D eigenvalue weighted by molar-refractivity contribution is 5.71. The Bertz CT molecular complexity index is 1850. The fourth-order valence-electron chi connectivity index (χ4n) is 7.58. The summed E-state index contributed by atoms with van der Waals surface area (Å²) in [6.45, 7) is 6.28. The van der Waals surface area contributed by atoms with Crippen molar-refractivity contribution in [1.29, 1.82) is 0 Å². The first-order chi connectivity index (χ1) is 38.5. The van der Waals surface area contributed by atoms with Gasteiger partial charge >= 0.3 is 17.9 Å². The van der Waals surface area contributed by atoms with Gasteiger partial charge in [0.25, 0.3) is 0 Å². The zero-order valence-electron chi connectivity index (χ0n) is 49.6. The van der Waals surface area contributed by atoms with E-state index < -0.39 is 6.10 Å². The molecule has 0 aromatic heterocycles. The third-order valence-electron chi connectivity index (χ3n) is 12.1. The van der Waals surface area contributed by atoms with Gasteiger partial charge in [-0.25, -0.2) is 0 Å². The maximum atomic E-state index is 12.9. The molecular formula is C72H110O6. The highest BCUT2D eigenvalue weighted by Gasteiger charge is 2.19. The van der Waals surface area contributed by atoms with Gasteiger partial charge in [0.05, 0.1) is 0 Å². The van der Waals surface area contributed by atoms with E-state index in [1.54, 1.807) is 0 Å². The molecule has 0 aliphatic rings. The van der Waals surface area contributed by atoms with Gasteiger partial charge in [-0.3, -0.25) is 14.4 Å². The molecule has 6 nitrogen and oxygen atoms in total. The normalized spacial score (nSPS) is 13.4. The lowest BCUT2D eigenvalue weighted by atomic mass is 10.1. The zero-order valence-corrected chi connectivity index (χ0v) is 49.6. The number of carbonyl (C=O) groups excluding carboxylic acids is 3. The van der Waals surface area contributed by atoms with E-state index in [-0.39, 0.29) is 50.4 Å². The van der Waals surface area contributed by atoms with E-state index in [2.05, 4.69) is 203 Å². The van der Waals surface area contributed by atoms with Gasteiger partial charge < -0.3 is 14.2 Å². The third kappa shape index (κ3) is 61.4. The lowest BCUT2D eigenvalue weighted by Crippen LogP contribution is -2.30. The van der Waals surface area contributed by atoms with Crippen molar-refractivity contribution < 1.29 is 28.6 Å². The molecule has 0 bridgehead atoms. The summed E-state index contributed by atoms with van der Waals surface area (Å²) in [5.41, 5.74) is 0. The van der Waals surface area contributed by atoms with Crippen LogP contribution in [0.2, 0.25) is 0 Å². The molecule has 0 rings (SSSR count). The highest BCUT2D eigenvalue weighted by Crippen LogP contribution is 2.12. The van der Waals surface area contributed by atoms with Crippen LogP contribution >= 0.6 is 0 Å². The summed E-state index contributed by atoms with van der Waals surface area (Å²) in [4.78, 5) is 38.2. The van der Waals surface area contributed by atoms with Gasteiger partial charge in [0, 0.05) is 19.3 Å². The van der Waals surface area contributed by atoms with Gasteiger partial charge in [0.15, 0.2) is 6.10 Å². The molecule has 0 radical (unpaired) electrons. The van der Waals surface area contributed by atoms with Crippen LogP contribution in [-0.4, -0.2) is 37.2 Å². The van der Waals surface area contributed by atoms with Crippen molar-refractivity contribution in [1.82, 2.24) is 0 Å². The second-order valence-corrected chi connectivity index (χ2v) is 19.5. The van der Waals surface area contributed by atoms with Crippen LogP contribution in [0.15, 0.2) is 182 Å². The molecule has 0 saturated carbocycles. The third-order valence-corrected chi connectivity index (χ3v) is 12.1. The van der Waals surface area contributed by atoms with Crippen LogP contribution in [0.3, 0.4) is 0 Å². The number of esters is 3. The monoisotopic (exact) mass is 1070 g/mol. The van der Waals surface area contributed by atoms with Gasteiger partial charge in [-0.2, -0.15) is 0 Å². The van der Waals surface area contributed by atoms with Crippen LogP contribution in [0.25, 0.3) is 0 Å². The Hall–Kier alpha value is -5.49. The molecule has 0 aliphatic heterocycles. The summed E-state index contributed by atoms with van der Waals surface area (Å²) in [6, 6.07) is 0. The first-order valence-corrected chi connectivity index (χ1v) is 30.8. The highest BCUT2D eigenvalue weighted by atomic mass is 16.6. The summed E-state index contributed by atoms with van der Waals surface area (Å²) < 4.78 is 16.8. The predicted octanol–water partition coefficient (Wildman–Crippen LogP) is 21.3. The van der Waals surface area contributed by atoms with Crippen molar-refractivity contribution in [3.8, 4) is 0 Å². The Morgan fingerprint density at radius 2 is 0.513 bits per heavy atom. The number of ether oxygens (including phenoxy) is 3. The first-order valence-electron chi connectivity index (χ1n) is 30.8. The second kappa shape index (κ2) is 64.0. The van der Waals surface area contributed by atoms with Crippen LogP contribution in [-0.2, 0) is 28.6 Å². The van der Waals surface area contributed by atoms with Crippen molar-refractivity contribution in [2.24, 2.45) is 0 Å². The Balaban J connectivity index is 4.54. The molecule has 434 valence electrons. The fourth-order valence-corrected chi connectivity index (χ4v) is 7.58. The van der Waals surface area contributed by atoms with Crippen molar-refractivity contribution in [2.45, 2.75) is 239 Å². The number of rotatable bonds is 53. The van der Waals surface area contributed by atoms with E-state index in [9.17, 15) is 14.4 Å². The summed E-state index contributed by atoms with van der Waals surface area (Å²) in [6.07, 6.45) is 96.1. The molecular weight excluding hydrogens is 961 g/mol. The van der Waals surface area contributed by atoms with Crippen molar-refractivity contribution in [3.63, 3.8) is 0 Å². The molecule has 0 spiro atoms. The number of allylic oxidation sites excluding steroid dienone is 30. The molecule has 0 saturated heterocycles. The van der Waals surface area contributed by atoms with Crippen LogP contribution < -0.4 is 0 Å². The van der Waals surface area contributed by atoms with Gasteiger partial charge in [0.1, 0.15) is 13.2 Å². The Kier molecular flexibility index (Phi) is 59.5. The molecule has 0 aromatic rings. The van der Waals surface area contributed by atoms with Crippen molar-refractivity contribution >= 4 is 17.9 Å². The van der Waals surface area contributed by atoms with E-state index in [0.29, 0.717) is 12.8 Å². The Morgan fingerprint density at radius 3 is 0.859 bits per heavy atom. The smallest absolute Gasteiger partial charge is 0.306 e. The van der Waals surface area contributed by atoms with Crippen LogP contribution in [0.4, 0.5) is 0 Å². The molecule has 78 heavy (non-hydrogen) atoms. The van der Waals surface area contributed by atoms with Crippen LogP contribution in [0.1, 0.15) is 233 Å². The quantitative estimate of drug-likeness (QED) is 0.0261. The van der Waals surface area contributed by atoms with Crippen molar-refractivity contribution in [2.75, 3.05) is 13.2 Å². The zero-order chi connectivity index (χ0) is 56.4.